The Morgan fingerprint density at radius 1 is 1.06 bits per heavy atom. The molecule has 1 aliphatic heterocycles. The number of ether oxygens (including phenoxy) is 1. The van der Waals surface area contributed by atoms with E-state index in [1.165, 1.54) is 12.8 Å². The zero-order chi connectivity index (χ0) is 22.3. The molecule has 1 saturated heterocycles. The van der Waals surface area contributed by atoms with Gasteiger partial charge in [0, 0.05) is 6.54 Å². The fourth-order valence-corrected chi connectivity index (χ4v) is 4.94. The van der Waals surface area contributed by atoms with E-state index in [1.54, 1.807) is 31.2 Å². The van der Waals surface area contributed by atoms with Crippen LogP contribution in [0.25, 0.3) is 0 Å². The van der Waals surface area contributed by atoms with Crippen molar-refractivity contribution in [3.05, 3.63) is 54.6 Å². The fourth-order valence-electron chi connectivity index (χ4n) is 3.76. The van der Waals surface area contributed by atoms with E-state index >= 15 is 0 Å². The first-order chi connectivity index (χ1) is 14.8. The largest absolute Gasteiger partial charge is 0.457 e. The number of likely N-dealkylation sites (tertiary alicyclic amines) is 1. The van der Waals surface area contributed by atoms with Gasteiger partial charge in [0.15, 0.2) is 0 Å². The molecule has 7 nitrogen and oxygen atoms in total. The first-order valence-electron chi connectivity index (χ1n) is 10.7. The van der Waals surface area contributed by atoms with Crippen LogP contribution in [-0.2, 0) is 14.8 Å². The highest BCUT2D eigenvalue weighted by Crippen LogP contribution is 2.26. The van der Waals surface area contributed by atoms with Crippen LogP contribution in [0.5, 0.6) is 11.5 Å². The number of benzene rings is 2. The average Bonchev–Trinajstić information content (AvgIpc) is 3.26. The van der Waals surface area contributed by atoms with E-state index in [2.05, 4.69) is 10.2 Å². The average molecular weight is 446 g/mol. The molecule has 0 radical (unpaired) electrons. The molecular weight excluding hydrogens is 414 g/mol. The number of rotatable bonds is 10. The quantitative estimate of drug-likeness (QED) is 0.568. The summed E-state index contributed by atoms with van der Waals surface area (Å²) in [4.78, 5) is 15.0. The van der Waals surface area contributed by atoms with Crippen molar-refractivity contribution >= 4 is 21.6 Å². The Bertz CT molecular complexity index is 943. The van der Waals surface area contributed by atoms with E-state index in [1.807, 2.05) is 30.3 Å². The lowest BCUT2D eigenvalue weighted by molar-refractivity contribution is -0.121. The fraction of sp³-hybridized carbons (Fsp3) is 0.435. The van der Waals surface area contributed by atoms with Crippen LogP contribution in [0, 0.1) is 0 Å². The van der Waals surface area contributed by atoms with Crippen LogP contribution in [0.3, 0.4) is 0 Å². The van der Waals surface area contributed by atoms with Gasteiger partial charge in [-0.05, 0) is 82.2 Å². The number of anilines is 1. The maximum atomic E-state index is 12.7. The van der Waals surface area contributed by atoms with Crippen LogP contribution in [0.1, 0.15) is 26.2 Å². The molecule has 1 fully saturated rings. The monoisotopic (exact) mass is 445 g/mol. The van der Waals surface area contributed by atoms with Gasteiger partial charge < -0.3 is 15.0 Å². The number of hydrogen-bond acceptors (Lipinski definition) is 5. The zero-order valence-corrected chi connectivity index (χ0v) is 19.0. The normalized spacial score (nSPS) is 15.4. The number of nitrogens with zero attached hydrogens (tertiary/aromatic N) is 2. The number of sulfonamides is 1. The third-order valence-corrected chi connectivity index (χ3v) is 6.55. The van der Waals surface area contributed by atoms with Gasteiger partial charge in [-0.1, -0.05) is 18.2 Å². The van der Waals surface area contributed by atoms with Crippen LogP contribution >= 0.6 is 0 Å². The predicted octanol–water partition coefficient (Wildman–Crippen LogP) is 3.24. The second-order valence-corrected chi connectivity index (χ2v) is 9.70. The van der Waals surface area contributed by atoms with Gasteiger partial charge in [0.05, 0.1) is 11.9 Å². The third kappa shape index (κ3) is 6.70. The SMILES string of the molecule is C[C@@H](C(=O)NCCCN1CCCC1)N(c1ccc(Oc2ccccc2)cc1)S(C)(=O)=O. The molecule has 0 spiro atoms. The van der Waals surface area contributed by atoms with E-state index in [9.17, 15) is 13.2 Å². The van der Waals surface area contributed by atoms with Crippen molar-refractivity contribution in [1.82, 2.24) is 10.2 Å². The van der Waals surface area contributed by atoms with Gasteiger partial charge in [-0.2, -0.15) is 0 Å². The highest BCUT2D eigenvalue weighted by Gasteiger charge is 2.29. The number of hydrogen-bond donors (Lipinski definition) is 1. The standard InChI is InChI=1S/C23H31N3O4S/c1-19(23(27)24-15-8-18-25-16-6-7-17-25)26(31(2,28)29)20-11-13-22(14-12-20)30-21-9-4-3-5-10-21/h3-5,9-14,19H,6-8,15-18H2,1-2H3,(H,24,27)/t19-/m0/s1. The molecule has 0 aliphatic carbocycles. The van der Waals surface area contributed by atoms with Crippen LogP contribution in [0.2, 0.25) is 0 Å². The molecule has 0 saturated carbocycles. The molecule has 0 bridgehead atoms. The number of para-hydroxylation sites is 1. The van der Waals surface area contributed by atoms with Gasteiger partial charge in [-0.25, -0.2) is 8.42 Å². The van der Waals surface area contributed by atoms with Gasteiger partial charge in [-0.3, -0.25) is 9.10 Å². The van der Waals surface area contributed by atoms with Gasteiger partial charge in [-0.15, -0.1) is 0 Å². The topological polar surface area (TPSA) is 79.0 Å². The molecular formula is C23H31N3O4S. The maximum Gasteiger partial charge on any atom is 0.243 e. The van der Waals surface area contributed by atoms with E-state index in [4.69, 9.17) is 4.74 Å². The zero-order valence-electron chi connectivity index (χ0n) is 18.2. The first-order valence-corrected chi connectivity index (χ1v) is 12.5. The molecule has 8 heteroatoms. The van der Waals surface area contributed by atoms with Crippen molar-refractivity contribution in [2.75, 3.05) is 36.7 Å². The summed E-state index contributed by atoms with van der Waals surface area (Å²) in [6.45, 7) is 5.33. The Morgan fingerprint density at radius 2 is 1.68 bits per heavy atom. The summed E-state index contributed by atoms with van der Waals surface area (Å²) < 4.78 is 31.8. The lowest BCUT2D eigenvalue weighted by Gasteiger charge is -2.28. The summed E-state index contributed by atoms with van der Waals surface area (Å²) in [5.41, 5.74) is 0.419. The van der Waals surface area contributed by atoms with E-state index < -0.39 is 16.1 Å². The number of amides is 1. The van der Waals surface area contributed by atoms with Crippen molar-refractivity contribution in [1.29, 1.82) is 0 Å². The summed E-state index contributed by atoms with van der Waals surface area (Å²) in [5, 5.41) is 2.88. The molecule has 3 rings (SSSR count). The third-order valence-electron chi connectivity index (χ3n) is 5.31. The Hall–Kier alpha value is -2.58. The van der Waals surface area contributed by atoms with Gasteiger partial charge in [0.2, 0.25) is 15.9 Å². The Labute approximate surface area is 185 Å². The Balaban J connectivity index is 1.61. The lowest BCUT2D eigenvalue weighted by atomic mass is 10.2. The van der Waals surface area contributed by atoms with Crippen LogP contribution in [0.4, 0.5) is 5.69 Å². The molecule has 0 unspecified atom stereocenters. The first kappa shape index (κ1) is 23.1. The van der Waals surface area contributed by atoms with Crippen LogP contribution in [-0.4, -0.2) is 57.7 Å². The van der Waals surface area contributed by atoms with Crippen molar-refractivity contribution in [2.45, 2.75) is 32.2 Å². The lowest BCUT2D eigenvalue weighted by Crippen LogP contribution is -2.48. The van der Waals surface area contributed by atoms with E-state index in [0.29, 0.717) is 23.7 Å². The number of carbonyl (C=O) groups excluding carboxylic acids is 1. The summed E-state index contributed by atoms with van der Waals surface area (Å²) in [6, 6.07) is 15.2. The molecule has 2 aromatic carbocycles. The highest BCUT2D eigenvalue weighted by molar-refractivity contribution is 7.92. The number of nitrogens with one attached hydrogen (secondary N) is 1. The minimum atomic E-state index is -3.65. The van der Waals surface area contributed by atoms with E-state index in [-0.39, 0.29) is 5.91 Å². The molecule has 1 amide bonds. The van der Waals surface area contributed by atoms with Crippen LogP contribution < -0.4 is 14.4 Å². The molecule has 1 atom stereocenters. The van der Waals surface area contributed by atoms with Gasteiger partial charge in [0.25, 0.3) is 0 Å². The number of carbonyl (C=O) groups is 1. The second-order valence-electron chi connectivity index (χ2n) is 7.84. The van der Waals surface area contributed by atoms with E-state index in [0.717, 1.165) is 36.6 Å². The predicted molar refractivity (Wildman–Crippen MR) is 123 cm³/mol. The summed E-state index contributed by atoms with van der Waals surface area (Å²) in [5.74, 6) is 0.968. The van der Waals surface area contributed by atoms with Crippen molar-refractivity contribution in [3.63, 3.8) is 0 Å². The molecule has 31 heavy (non-hydrogen) atoms. The highest BCUT2D eigenvalue weighted by atomic mass is 32.2. The summed E-state index contributed by atoms with van der Waals surface area (Å²) in [6.07, 6.45) is 4.44. The smallest absolute Gasteiger partial charge is 0.243 e. The minimum absolute atomic E-state index is 0.309. The minimum Gasteiger partial charge on any atom is -0.457 e. The molecule has 1 aliphatic rings. The van der Waals surface area contributed by atoms with Crippen molar-refractivity contribution in [2.24, 2.45) is 0 Å². The Morgan fingerprint density at radius 3 is 2.29 bits per heavy atom. The molecule has 2 aromatic rings. The molecule has 0 aromatic heterocycles. The molecule has 168 valence electrons. The maximum absolute atomic E-state index is 12.7. The van der Waals surface area contributed by atoms with Crippen molar-refractivity contribution in [3.8, 4) is 11.5 Å². The molecule has 1 N–H and O–H groups in total. The van der Waals surface area contributed by atoms with Crippen LogP contribution in [0.15, 0.2) is 54.6 Å². The van der Waals surface area contributed by atoms with Gasteiger partial charge in [0.1, 0.15) is 17.5 Å². The Kier molecular flexibility index (Phi) is 7.92. The van der Waals surface area contributed by atoms with Crippen molar-refractivity contribution < 1.29 is 17.9 Å². The summed E-state index contributed by atoms with van der Waals surface area (Å²) in [7, 11) is -3.65. The second kappa shape index (κ2) is 10.6. The van der Waals surface area contributed by atoms with Gasteiger partial charge >= 0.3 is 0 Å². The molecule has 1 heterocycles. The summed E-state index contributed by atoms with van der Waals surface area (Å²) >= 11 is 0.